The van der Waals surface area contributed by atoms with Gasteiger partial charge in [0.2, 0.25) is 0 Å². The van der Waals surface area contributed by atoms with Crippen molar-refractivity contribution in [3.05, 3.63) is 29.0 Å². The van der Waals surface area contributed by atoms with Gasteiger partial charge < -0.3 is 4.74 Å². The monoisotopic (exact) mass is 266 g/mol. The summed E-state index contributed by atoms with van der Waals surface area (Å²) in [6.45, 7) is 5.26. The molecule has 0 spiro atoms. The van der Waals surface area contributed by atoms with Crippen LogP contribution in [0.25, 0.3) is 0 Å². The summed E-state index contributed by atoms with van der Waals surface area (Å²) in [6, 6.07) is 5.85. The van der Waals surface area contributed by atoms with E-state index in [9.17, 15) is 0 Å². The third-order valence-corrected chi connectivity index (χ3v) is 4.29. The molecule has 18 heavy (non-hydrogen) atoms. The van der Waals surface area contributed by atoms with Gasteiger partial charge in [0.15, 0.2) is 0 Å². The lowest BCUT2D eigenvalue weighted by atomic mass is 9.81. The molecule has 0 atom stereocenters. The van der Waals surface area contributed by atoms with Crippen LogP contribution in [-0.4, -0.2) is 36.2 Å². The van der Waals surface area contributed by atoms with Gasteiger partial charge in [-0.1, -0.05) is 17.7 Å². The van der Waals surface area contributed by atoms with E-state index in [1.165, 1.54) is 25.9 Å². The summed E-state index contributed by atoms with van der Waals surface area (Å²) in [7, 11) is 0. The standard InChI is InChI=1S/C14H19ClN2O/c15-14-3-1-2-13(16-14)10-17-8-12(9-17)11-4-6-18-7-5-11/h1-3,11-12H,4-10H2. The lowest BCUT2D eigenvalue weighted by Crippen LogP contribution is -2.50. The molecule has 98 valence electrons. The van der Waals surface area contributed by atoms with Crippen molar-refractivity contribution in [1.29, 1.82) is 0 Å². The summed E-state index contributed by atoms with van der Waals surface area (Å²) in [5.74, 6) is 1.75. The second-order valence-electron chi connectivity index (χ2n) is 5.36. The topological polar surface area (TPSA) is 25.4 Å². The smallest absolute Gasteiger partial charge is 0.129 e. The predicted octanol–water partition coefficient (Wildman–Crippen LogP) is 2.59. The zero-order valence-electron chi connectivity index (χ0n) is 10.5. The molecule has 3 nitrogen and oxygen atoms in total. The van der Waals surface area contributed by atoms with E-state index in [2.05, 4.69) is 9.88 Å². The molecular weight excluding hydrogens is 248 g/mol. The summed E-state index contributed by atoms with van der Waals surface area (Å²) in [4.78, 5) is 6.79. The van der Waals surface area contributed by atoms with Crippen LogP contribution in [0.4, 0.5) is 0 Å². The van der Waals surface area contributed by atoms with Crippen molar-refractivity contribution in [3.8, 4) is 0 Å². The normalized spacial score (nSPS) is 22.9. The third kappa shape index (κ3) is 2.85. The summed E-state index contributed by atoms with van der Waals surface area (Å²) in [5, 5.41) is 0.592. The molecule has 4 heteroatoms. The Kier molecular flexibility index (Phi) is 3.83. The average Bonchev–Trinajstić information content (AvgIpc) is 2.34. The Hall–Kier alpha value is -0.640. The van der Waals surface area contributed by atoms with Crippen molar-refractivity contribution in [3.63, 3.8) is 0 Å². The van der Waals surface area contributed by atoms with Gasteiger partial charge in [0.25, 0.3) is 0 Å². The van der Waals surface area contributed by atoms with E-state index in [1.54, 1.807) is 0 Å². The van der Waals surface area contributed by atoms with Crippen LogP contribution < -0.4 is 0 Å². The number of hydrogen-bond donors (Lipinski definition) is 0. The van der Waals surface area contributed by atoms with Crippen molar-refractivity contribution >= 4 is 11.6 Å². The van der Waals surface area contributed by atoms with Gasteiger partial charge in [-0.3, -0.25) is 4.90 Å². The van der Waals surface area contributed by atoms with E-state index in [0.29, 0.717) is 5.15 Å². The first kappa shape index (κ1) is 12.4. The van der Waals surface area contributed by atoms with Crippen molar-refractivity contribution < 1.29 is 4.74 Å². The van der Waals surface area contributed by atoms with Crippen LogP contribution >= 0.6 is 11.6 Å². The van der Waals surface area contributed by atoms with Crippen molar-refractivity contribution in [2.24, 2.45) is 11.8 Å². The minimum Gasteiger partial charge on any atom is -0.381 e. The predicted molar refractivity (Wildman–Crippen MR) is 71.6 cm³/mol. The van der Waals surface area contributed by atoms with Gasteiger partial charge in [-0.2, -0.15) is 0 Å². The van der Waals surface area contributed by atoms with Gasteiger partial charge in [-0.05, 0) is 36.8 Å². The van der Waals surface area contributed by atoms with Crippen LogP contribution in [0.3, 0.4) is 0 Å². The molecule has 0 bridgehead atoms. The maximum absolute atomic E-state index is 5.90. The van der Waals surface area contributed by atoms with Crippen molar-refractivity contribution in [2.75, 3.05) is 26.3 Å². The highest BCUT2D eigenvalue weighted by atomic mass is 35.5. The highest BCUT2D eigenvalue weighted by molar-refractivity contribution is 6.29. The number of likely N-dealkylation sites (tertiary alicyclic amines) is 1. The molecule has 1 aromatic heterocycles. The Balaban J connectivity index is 1.47. The van der Waals surface area contributed by atoms with E-state index in [4.69, 9.17) is 16.3 Å². The molecule has 1 aromatic rings. The van der Waals surface area contributed by atoms with Crippen LogP contribution in [0, 0.1) is 11.8 Å². The molecule has 0 amide bonds. The lowest BCUT2D eigenvalue weighted by molar-refractivity contribution is -0.0108. The minimum absolute atomic E-state index is 0.592. The van der Waals surface area contributed by atoms with E-state index < -0.39 is 0 Å². The molecule has 2 saturated heterocycles. The molecule has 2 aliphatic rings. The molecule has 3 rings (SSSR count). The highest BCUT2D eigenvalue weighted by Gasteiger charge is 2.34. The van der Waals surface area contributed by atoms with Gasteiger partial charge in [-0.25, -0.2) is 4.98 Å². The van der Waals surface area contributed by atoms with Gasteiger partial charge in [0.1, 0.15) is 5.15 Å². The third-order valence-electron chi connectivity index (χ3n) is 4.08. The van der Waals surface area contributed by atoms with E-state index in [-0.39, 0.29) is 0 Å². The van der Waals surface area contributed by atoms with Crippen LogP contribution in [0.2, 0.25) is 5.15 Å². The van der Waals surface area contributed by atoms with Gasteiger partial charge in [0, 0.05) is 32.8 Å². The Labute approximate surface area is 113 Å². The largest absolute Gasteiger partial charge is 0.381 e. The summed E-state index contributed by atoms with van der Waals surface area (Å²) in [6.07, 6.45) is 2.49. The minimum atomic E-state index is 0.592. The first-order valence-electron chi connectivity index (χ1n) is 6.73. The molecule has 0 radical (unpaired) electrons. The number of halogens is 1. The van der Waals surface area contributed by atoms with Gasteiger partial charge in [0.05, 0.1) is 5.69 Å². The lowest BCUT2D eigenvalue weighted by Gasteiger charge is -2.44. The zero-order chi connectivity index (χ0) is 12.4. The molecule has 3 heterocycles. The number of pyridine rings is 1. The van der Waals surface area contributed by atoms with Crippen molar-refractivity contribution in [2.45, 2.75) is 19.4 Å². The maximum Gasteiger partial charge on any atom is 0.129 e. The summed E-state index contributed by atoms with van der Waals surface area (Å²) >= 11 is 5.90. The Morgan fingerprint density at radius 1 is 1.22 bits per heavy atom. The van der Waals surface area contributed by atoms with Crippen LogP contribution in [0.5, 0.6) is 0 Å². The van der Waals surface area contributed by atoms with Crippen LogP contribution in [0.1, 0.15) is 18.5 Å². The molecular formula is C14H19ClN2O. The number of rotatable bonds is 3. The molecule has 0 aliphatic carbocycles. The average molecular weight is 267 g/mol. The fourth-order valence-electron chi connectivity index (χ4n) is 2.99. The quantitative estimate of drug-likeness (QED) is 0.787. The Bertz CT molecular complexity index is 401. The Morgan fingerprint density at radius 3 is 2.72 bits per heavy atom. The van der Waals surface area contributed by atoms with E-state index in [0.717, 1.165) is 37.3 Å². The number of nitrogens with zero attached hydrogens (tertiary/aromatic N) is 2. The Morgan fingerprint density at radius 2 is 2.00 bits per heavy atom. The number of aromatic nitrogens is 1. The fourth-order valence-corrected chi connectivity index (χ4v) is 3.17. The van der Waals surface area contributed by atoms with Gasteiger partial charge >= 0.3 is 0 Å². The molecule has 0 N–H and O–H groups in total. The summed E-state index contributed by atoms with van der Waals surface area (Å²) in [5.41, 5.74) is 1.08. The van der Waals surface area contributed by atoms with E-state index in [1.807, 2.05) is 18.2 Å². The molecule has 2 aliphatic heterocycles. The second-order valence-corrected chi connectivity index (χ2v) is 5.74. The van der Waals surface area contributed by atoms with Crippen molar-refractivity contribution in [1.82, 2.24) is 9.88 Å². The first-order chi connectivity index (χ1) is 8.81. The fraction of sp³-hybridized carbons (Fsp3) is 0.643. The maximum atomic E-state index is 5.90. The number of ether oxygens (including phenoxy) is 1. The molecule has 0 saturated carbocycles. The van der Waals surface area contributed by atoms with Crippen LogP contribution in [-0.2, 0) is 11.3 Å². The molecule has 0 aromatic carbocycles. The second kappa shape index (κ2) is 5.55. The van der Waals surface area contributed by atoms with Crippen LogP contribution in [0.15, 0.2) is 18.2 Å². The highest BCUT2D eigenvalue weighted by Crippen LogP contribution is 2.31. The first-order valence-corrected chi connectivity index (χ1v) is 7.10. The van der Waals surface area contributed by atoms with E-state index >= 15 is 0 Å². The summed E-state index contributed by atoms with van der Waals surface area (Å²) < 4.78 is 5.42. The SMILES string of the molecule is Clc1cccc(CN2CC(C3CCOCC3)C2)n1. The molecule has 2 fully saturated rings. The number of hydrogen-bond acceptors (Lipinski definition) is 3. The molecule has 0 unspecified atom stereocenters. The zero-order valence-corrected chi connectivity index (χ0v) is 11.3. The van der Waals surface area contributed by atoms with Gasteiger partial charge in [-0.15, -0.1) is 0 Å².